The summed E-state index contributed by atoms with van der Waals surface area (Å²) in [6, 6.07) is 5.54. The van der Waals surface area contributed by atoms with E-state index in [1.54, 1.807) is 6.07 Å². The van der Waals surface area contributed by atoms with Crippen molar-refractivity contribution in [3.05, 3.63) is 23.9 Å². The number of anilines is 1. The molecule has 1 amide bonds. The molecule has 1 aliphatic carbocycles. The fraction of sp³-hybridized carbons (Fsp3) is 0.625. The van der Waals surface area contributed by atoms with Gasteiger partial charge in [-0.1, -0.05) is 25.8 Å². The Morgan fingerprint density at radius 2 is 2.14 bits per heavy atom. The summed E-state index contributed by atoms with van der Waals surface area (Å²) >= 11 is 1.88. The predicted molar refractivity (Wildman–Crippen MR) is 90.1 cm³/mol. The summed E-state index contributed by atoms with van der Waals surface area (Å²) in [5.74, 6) is 0.695. The first kappa shape index (κ1) is 16.1. The maximum Gasteiger partial charge on any atom is 0.270 e. The van der Waals surface area contributed by atoms with Crippen LogP contribution in [0.25, 0.3) is 0 Å². The van der Waals surface area contributed by atoms with Crippen LogP contribution in [-0.4, -0.2) is 35.0 Å². The molecular weight excluding hydrogens is 282 g/mol. The monoisotopic (exact) mass is 307 g/mol. The molecule has 0 aromatic carbocycles. The molecule has 0 spiro atoms. The van der Waals surface area contributed by atoms with E-state index >= 15 is 0 Å². The van der Waals surface area contributed by atoms with E-state index in [1.165, 1.54) is 25.7 Å². The maximum absolute atomic E-state index is 12.3. The van der Waals surface area contributed by atoms with Crippen LogP contribution in [0.5, 0.6) is 0 Å². The molecule has 5 heteroatoms. The summed E-state index contributed by atoms with van der Waals surface area (Å²) in [6.07, 6.45) is 8.11. The average Bonchev–Trinajstić information content (AvgIpc) is 3.00. The lowest BCUT2D eigenvalue weighted by Crippen LogP contribution is -2.38. The number of nitrogens with zero attached hydrogens (tertiary/aromatic N) is 1. The molecule has 0 atom stereocenters. The molecule has 116 valence electrons. The van der Waals surface area contributed by atoms with Gasteiger partial charge in [-0.05, 0) is 37.7 Å². The molecule has 1 fully saturated rings. The van der Waals surface area contributed by atoms with Crippen LogP contribution in [-0.2, 0) is 0 Å². The van der Waals surface area contributed by atoms with Crippen molar-refractivity contribution in [2.45, 2.75) is 43.8 Å². The molecule has 1 heterocycles. The van der Waals surface area contributed by atoms with Gasteiger partial charge in [0.2, 0.25) is 0 Å². The van der Waals surface area contributed by atoms with Gasteiger partial charge in [-0.25, -0.2) is 4.98 Å². The van der Waals surface area contributed by atoms with Crippen molar-refractivity contribution in [2.24, 2.45) is 0 Å². The molecule has 1 saturated carbocycles. The number of nitrogens with one attached hydrogen (secondary N) is 2. The van der Waals surface area contributed by atoms with E-state index in [0.717, 1.165) is 25.3 Å². The Bertz CT molecular complexity index is 472. The number of amides is 1. The molecule has 21 heavy (non-hydrogen) atoms. The Labute approximate surface area is 131 Å². The van der Waals surface area contributed by atoms with Gasteiger partial charge in [0.15, 0.2) is 0 Å². The summed E-state index contributed by atoms with van der Waals surface area (Å²) in [7, 11) is 0. The van der Waals surface area contributed by atoms with Crippen LogP contribution < -0.4 is 10.6 Å². The molecule has 0 radical (unpaired) electrons. The van der Waals surface area contributed by atoms with Crippen LogP contribution in [0.2, 0.25) is 0 Å². The SMILES string of the molecule is CCCNc1cccc(C(=O)NCC2(SC)CCCC2)n1. The Kier molecular flexibility index (Phi) is 5.91. The summed E-state index contributed by atoms with van der Waals surface area (Å²) in [5.41, 5.74) is 0.491. The van der Waals surface area contributed by atoms with Gasteiger partial charge >= 0.3 is 0 Å². The zero-order valence-electron chi connectivity index (χ0n) is 12.9. The van der Waals surface area contributed by atoms with E-state index in [0.29, 0.717) is 5.69 Å². The summed E-state index contributed by atoms with van der Waals surface area (Å²) in [5, 5.41) is 6.28. The van der Waals surface area contributed by atoms with E-state index in [2.05, 4.69) is 28.8 Å². The number of rotatable bonds is 7. The highest BCUT2D eigenvalue weighted by Gasteiger charge is 2.33. The summed E-state index contributed by atoms with van der Waals surface area (Å²) in [4.78, 5) is 16.6. The third kappa shape index (κ3) is 4.37. The van der Waals surface area contributed by atoms with Crippen LogP contribution in [0.15, 0.2) is 18.2 Å². The van der Waals surface area contributed by atoms with Gasteiger partial charge in [0.1, 0.15) is 11.5 Å². The number of aromatic nitrogens is 1. The van der Waals surface area contributed by atoms with E-state index in [9.17, 15) is 4.79 Å². The second kappa shape index (κ2) is 7.69. The van der Waals surface area contributed by atoms with E-state index in [1.807, 2.05) is 23.9 Å². The van der Waals surface area contributed by atoms with Crippen LogP contribution >= 0.6 is 11.8 Å². The third-order valence-electron chi connectivity index (χ3n) is 4.06. The molecule has 2 rings (SSSR count). The molecule has 2 N–H and O–H groups in total. The Hall–Kier alpha value is -1.23. The van der Waals surface area contributed by atoms with Crippen LogP contribution in [0.1, 0.15) is 49.5 Å². The first-order chi connectivity index (χ1) is 10.2. The van der Waals surface area contributed by atoms with Crippen molar-refractivity contribution in [1.82, 2.24) is 10.3 Å². The molecule has 0 bridgehead atoms. The molecule has 1 aliphatic rings. The van der Waals surface area contributed by atoms with Crippen LogP contribution in [0.3, 0.4) is 0 Å². The lowest BCUT2D eigenvalue weighted by molar-refractivity contribution is 0.0945. The quantitative estimate of drug-likeness (QED) is 0.811. The topological polar surface area (TPSA) is 54.0 Å². The standard InChI is InChI=1S/C16H25N3OS/c1-3-11-17-14-8-6-7-13(19-14)15(20)18-12-16(21-2)9-4-5-10-16/h6-8H,3-5,9-12H2,1-2H3,(H,17,19)(H,18,20). The number of carbonyl (C=O) groups is 1. The van der Waals surface area contributed by atoms with Crippen molar-refractivity contribution < 1.29 is 4.79 Å². The van der Waals surface area contributed by atoms with Crippen LogP contribution in [0.4, 0.5) is 5.82 Å². The van der Waals surface area contributed by atoms with Gasteiger partial charge < -0.3 is 10.6 Å². The largest absolute Gasteiger partial charge is 0.370 e. The lowest BCUT2D eigenvalue weighted by Gasteiger charge is -2.26. The Morgan fingerprint density at radius 3 is 2.81 bits per heavy atom. The van der Waals surface area contributed by atoms with Gasteiger partial charge in [-0.15, -0.1) is 0 Å². The smallest absolute Gasteiger partial charge is 0.270 e. The van der Waals surface area contributed by atoms with Crippen molar-refractivity contribution in [3.63, 3.8) is 0 Å². The van der Waals surface area contributed by atoms with E-state index in [4.69, 9.17) is 0 Å². The van der Waals surface area contributed by atoms with Crippen LogP contribution in [0, 0.1) is 0 Å². The second-order valence-electron chi connectivity index (χ2n) is 5.61. The Morgan fingerprint density at radius 1 is 1.38 bits per heavy atom. The minimum absolute atomic E-state index is 0.0736. The van der Waals surface area contributed by atoms with Gasteiger partial charge in [-0.2, -0.15) is 11.8 Å². The molecule has 0 unspecified atom stereocenters. The first-order valence-corrected chi connectivity index (χ1v) is 8.96. The highest BCUT2D eigenvalue weighted by atomic mass is 32.2. The minimum Gasteiger partial charge on any atom is -0.370 e. The molecule has 0 aliphatic heterocycles. The minimum atomic E-state index is -0.0736. The molecular formula is C16H25N3OS. The van der Waals surface area contributed by atoms with Gasteiger partial charge in [0, 0.05) is 17.8 Å². The van der Waals surface area contributed by atoms with Crippen molar-refractivity contribution in [3.8, 4) is 0 Å². The van der Waals surface area contributed by atoms with Gasteiger partial charge in [-0.3, -0.25) is 4.79 Å². The number of hydrogen-bond donors (Lipinski definition) is 2. The summed E-state index contributed by atoms with van der Waals surface area (Å²) in [6.45, 7) is 3.71. The van der Waals surface area contributed by atoms with Crippen molar-refractivity contribution in [1.29, 1.82) is 0 Å². The van der Waals surface area contributed by atoms with Crippen molar-refractivity contribution in [2.75, 3.05) is 24.7 Å². The highest BCUT2D eigenvalue weighted by molar-refractivity contribution is 8.00. The maximum atomic E-state index is 12.3. The first-order valence-electron chi connectivity index (χ1n) is 7.73. The fourth-order valence-corrected chi connectivity index (χ4v) is 3.63. The molecule has 1 aromatic heterocycles. The molecule has 0 saturated heterocycles. The van der Waals surface area contributed by atoms with Crippen molar-refractivity contribution >= 4 is 23.5 Å². The number of thioether (sulfide) groups is 1. The van der Waals surface area contributed by atoms with Gasteiger partial charge in [0.05, 0.1) is 0 Å². The second-order valence-corrected chi connectivity index (χ2v) is 6.89. The van der Waals surface area contributed by atoms with Gasteiger partial charge in [0.25, 0.3) is 5.91 Å². The summed E-state index contributed by atoms with van der Waals surface area (Å²) < 4.78 is 0.230. The third-order valence-corrected chi connectivity index (χ3v) is 5.48. The van der Waals surface area contributed by atoms with E-state index in [-0.39, 0.29) is 10.7 Å². The predicted octanol–water partition coefficient (Wildman–Crippen LogP) is 3.31. The number of pyridine rings is 1. The lowest BCUT2D eigenvalue weighted by atomic mass is 10.1. The fourth-order valence-electron chi connectivity index (χ4n) is 2.72. The number of carbonyl (C=O) groups excluding carboxylic acids is 1. The molecule has 4 nitrogen and oxygen atoms in total. The average molecular weight is 307 g/mol. The Balaban J connectivity index is 1.93. The highest BCUT2D eigenvalue weighted by Crippen LogP contribution is 2.39. The van der Waals surface area contributed by atoms with E-state index < -0.39 is 0 Å². The zero-order chi connectivity index (χ0) is 15.1. The molecule has 1 aromatic rings. The number of hydrogen-bond acceptors (Lipinski definition) is 4. The zero-order valence-corrected chi connectivity index (χ0v) is 13.8. The normalized spacial score (nSPS) is 16.7.